The highest BCUT2D eigenvalue weighted by molar-refractivity contribution is 4.94. The minimum Gasteiger partial charge on any atom is -0.373 e. The van der Waals surface area contributed by atoms with E-state index >= 15 is 0 Å². The van der Waals surface area contributed by atoms with Crippen LogP contribution in [-0.4, -0.2) is 36.2 Å². The van der Waals surface area contributed by atoms with Crippen LogP contribution in [0.1, 0.15) is 34.1 Å². The molecule has 1 rings (SSSR count). The molecule has 0 amide bonds. The van der Waals surface area contributed by atoms with Gasteiger partial charge in [0.2, 0.25) is 0 Å². The Morgan fingerprint density at radius 1 is 1.42 bits per heavy atom. The topological polar surface area (TPSA) is 12.5 Å². The van der Waals surface area contributed by atoms with E-state index in [1.165, 1.54) is 0 Å². The van der Waals surface area contributed by atoms with Gasteiger partial charge in [0, 0.05) is 25.7 Å². The summed E-state index contributed by atoms with van der Waals surface area (Å²) in [5.41, 5.74) is 0.153. The fraction of sp³-hybridized carbons (Fsp3) is 1.00. The molecule has 1 aliphatic rings. The van der Waals surface area contributed by atoms with Crippen molar-refractivity contribution < 1.29 is 4.74 Å². The van der Waals surface area contributed by atoms with Crippen LogP contribution in [0.2, 0.25) is 0 Å². The molecule has 0 saturated carbocycles. The van der Waals surface area contributed by atoms with E-state index in [1.807, 2.05) is 0 Å². The minimum absolute atomic E-state index is 0.153. The standard InChI is InChI=1S/C10H21NO/c1-5-6-12-10(4)7-11(8-10)9(2)3/h9H,5-8H2,1-4H3. The van der Waals surface area contributed by atoms with E-state index in [9.17, 15) is 0 Å². The van der Waals surface area contributed by atoms with Gasteiger partial charge < -0.3 is 4.74 Å². The first-order chi connectivity index (χ1) is 5.57. The van der Waals surface area contributed by atoms with Crippen molar-refractivity contribution in [2.45, 2.75) is 45.8 Å². The van der Waals surface area contributed by atoms with Crippen molar-refractivity contribution in [3.05, 3.63) is 0 Å². The molecule has 0 N–H and O–H groups in total. The number of likely N-dealkylation sites (tertiary alicyclic amines) is 1. The molecule has 2 heteroatoms. The molecular formula is C10H21NO. The average molecular weight is 171 g/mol. The summed E-state index contributed by atoms with van der Waals surface area (Å²) < 4.78 is 5.75. The Balaban J connectivity index is 2.20. The van der Waals surface area contributed by atoms with E-state index < -0.39 is 0 Å². The van der Waals surface area contributed by atoms with Gasteiger partial charge in [0.15, 0.2) is 0 Å². The highest BCUT2D eigenvalue weighted by Crippen LogP contribution is 2.26. The molecule has 0 unspecified atom stereocenters. The summed E-state index contributed by atoms with van der Waals surface area (Å²) >= 11 is 0. The van der Waals surface area contributed by atoms with Crippen LogP contribution in [0.5, 0.6) is 0 Å². The molecule has 0 radical (unpaired) electrons. The lowest BCUT2D eigenvalue weighted by Gasteiger charge is -2.49. The Morgan fingerprint density at radius 2 is 2.00 bits per heavy atom. The van der Waals surface area contributed by atoms with E-state index in [-0.39, 0.29) is 5.60 Å². The van der Waals surface area contributed by atoms with Crippen LogP contribution in [0.4, 0.5) is 0 Å². The Hall–Kier alpha value is -0.0800. The van der Waals surface area contributed by atoms with E-state index in [0.29, 0.717) is 6.04 Å². The average Bonchev–Trinajstić information content (AvgIpc) is 1.95. The first kappa shape index (κ1) is 10.0. The molecule has 1 fully saturated rings. The van der Waals surface area contributed by atoms with Gasteiger partial charge in [-0.15, -0.1) is 0 Å². The Bertz CT molecular complexity index is 139. The molecule has 2 nitrogen and oxygen atoms in total. The summed E-state index contributed by atoms with van der Waals surface area (Å²) in [7, 11) is 0. The van der Waals surface area contributed by atoms with Gasteiger partial charge in [0.05, 0.1) is 5.60 Å². The summed E-state index contributed by atoms with van der Waals surface area (Å²) in [6, 6.07) is 0.670. The highest BCUT2D eigenvalue weighted by Gasteiger charge is 2.40. The van der Waals surface area contributed by atoms with Crippen molar-refractivity contribution in [1.29, 1.82) is 0 Å². The maximum atomic E-state index is 5.75. The Kier molecular flexibility index (Phi) is 3.13. The molecular weight excluding hydrogens is 150 g/mol. The molecule has 12 heavy (non-hydrogen) atoms. The number of hydrogen-bond acceptors (Lipinski definition) is 2. The van der Waals surface area contributed by atoms with Crippen LogP contribution in [-0.2, 0) is 4.74 Å². The second kappa shape index (κ2) is 3.75. The number of hydrogen-bond donors (Lipinski definition) is 0. The van der Waals surface area contributed by atoms with E-state index in [0.717, 1.165) is 26.1 Å². The van der Waals surface area contributed by atoms with Gasteiger partial charge >= 0.3 is 0 Å². The lowest BCUT2D eigenvalue weighted by atomic mass is 9.95. The van der Waals surface area contributed by atoms with Crippen LogP contribution < -0.4 is 0 Å². The van der Waals surface area contributed by atoms with Crippen molar-refractivity contribution in [1.82, 2.24) is 4.90 Å². The molecule has 0 bridgehead atoms. The fourth-order valence-corrected chi connectivity index (χ4v) is 1.62. The van der Waals surface area contributed by atoms with Gasteiger partial charge in [-0.1, -0.05) is 6.92 Å². The normalized spacial score (nSPS) is 22.8. The van der Waals surface area contributed by atoms with Crippen molar-refractivity contribution >= 4 is 0 Å². The number of nitrogens with zero attached hydrogens (tertiary/aromatic N) is 1. The van der Waals surface area contributed by atoms with Gasteiger partial charge in [-0.05, 0) is 27.2 Å². The van der Waals surface area contributed by atoms with E-state index in [4.69, 9.17) is 4.74 Å². The number of ether oxygens (including phenoxy) is 1. The minimum atomic E-state index is 0.153. The molecule has 0 atom stereocenters. The van der Waals surface area contributed by atoms with E-state index in [2.05, 4.69) is 32.6 Å². The van der Waals surface area contributed by atoms with Crippen LogP contribution in [0.25, 0.3) is 0 Å². The molecule has 0 aromatic rings. The molecule has 1 heterocycles. The lowest BCUT2D eigenvalue weighted by Crippen LogP contribution is -2.63. The predicted octanol–water partition coefficient (Wildman–Crippen LogP) is 1.90. The van der Waals surface area contributed by atoms with Crippen LogP contribution in [0.15, 0.2) is 0 Å². The van der Waals surface area contributed by atoms with Gasteiger partial charge in [0.1, 0.15) is 0 Å². The molecule has 0 aliphatic carbocycles. The quantitative estimate of drug-likeness (QED) is 0.640. The van der Waals surface area contributed by atoms with Crippen LogP contribution in [0, 0.1) is 0 Å². The summed E-state index contributed by atoms with van der Waals surface area (Å²) in [4.78, 5) is 2.44. The SMILES string of the molecule is CCCOC1(C)CN(C(C)C)C1. The third kappa shape index (κ3) is 2.20. The zero-order valence-electron chi connectivity index (χ0n) is 8.76. The van der Waals surface area contributed by atoms with E-state index in [1.54, 1.807) is 0 Å². The maximum absolute atomic E-state index is 5.75. The third-order valence-corrected chi connectivity index (χ3v) is 2.46. The third-order valence-electron chi connectivity index (χ3n) is 2.46. The molecule has 1 aliphatic heterocycles. The molecule has 1 saturated heterocycles. The Morgan fingerprint density at radius 3 is 2.42 bits per heavy atom. The zero-order chi connectivity index (χ0) is 9.19. The predicted molar refractivity (Wildman–Crippen MR) is 51.4 cm³/mol. The summed E-state index contributed by atoms with van der Waals surface area (Å²) in [5, 5.41) is 0. The molecule has 72 valence electrons. The molecule has 0 aromatic heterocycles. The first-order valence-corrected chi connectivity index (χ1v) is 4.95. The maximum Gasteiger partial charge on any atom is 0.0907 e. The van der Waals surface area contributed by atoms with Gasteiger partial charge in [0.25, 0.3) is 0 Å². The monoisotopic (exact) mass is 171 g/mol. The van der Waals surface area contributed by atoms with Crippen LogP contribution >= 0.6 is 0 Å². The smallest absolute Gasteiger partial charge is 0.0907 e. The first-order valence-electron chi connectivity index (χ1n) is 4.95. The van der Waals surface area contributed by atoms with Gasteiger partial charge in [-0.3, -0.25) is 4.90 Å². The molecule has 0 spiro atoms. The summed E-state index contributed by atoms with van der Waals surface area (Å²) in [5.74, 6) is 0. The van der Waals surface area contributed by atoms with Crippen molar-refractivity contribution in [2.24, 2.45) is 0 Å². The second-order valence-electron chi connectivity index (χ2n) is 4.30. The van der Waals surface area contributed by atoms with Gasteiger partial charge in [-0.2, -0.15) is 0 Å². The Labute approximate surface area is 75.9 Å². The zero-order valence-corrected chi connectivity index (χ0v) is 8.76. The second-order valence-corrected chi connectivity index (χ2v) is 4.30. The molecule has 0 aromatic carbocycles. The summed E-state index contributed by atoms with van der Waals surface area (Å²) in [6.07, 6.45) is 1.12. The number of rotatable bonds is 4. The lowest BCUT2D eigenvalue weighted by molar-refractivity contribution is -0.141. The van der Waals surface area contributed by atoms with Crippen LogP contribution in [0.3, 0.4) is 0 Å². The highest BCUT2D eigenvalue weighted by atomic mass is 16.5. The van der Waals surface area contributed by atoms with Crippen molar-refractivity contribution in [3.8, 4) is 0 Å². The van der Waals surface area contributed by atoms with Crippen molar-refractivity contribution in [3.63, 3.8) is 0 Å². The van der Waals surface area contributed by atoms with Gasteiger partial charge in [-0.25, -0.2) is 0 Å². The van der Waals surface area contributed by atoms with Crippen molar-refractivity contribution in [2.75, 3.05) is 19.7 Å². The summed E-state index contributed by atoms with van der Waals surface area (Å²) in [6.45, 7) is 11.9. The largest absolute Gasteiger partial charge is 0.373 e. The fourth-order valence-electron chi connectivity index (χ4n) is 1.62.